The van der Waals surface area contributed by atoms with Crippen LogP contribution in [0.1, 0.15) is 68.8 Å². The summed E-state index contributed by atoms with van der Waals surface area (Å²) in [7, 11) is 0. The number of carbonyl (C=O) groups excluding carboxylic acids is 2. The molecule has 1 fully saturated rings. The predicted molar refractivity (Wildman–Crippen MR) is 132 cm³/mol. The molecule has 2 N–H and O–H groups in total. The first-order valence-electron chi connectivity index (χ1n) is 11.7. The van der Waals surface area contributed by atoms with Crippen LogP contribution in [0.4, 0.5) is 16.3 Å². The lowest BCUT2D eigenvalue weighted by Gasteiger charge is -2.35. The molecule has 1 aliphatic rings. The molecule has 178 valence electrons. The second-order valence-electron chi connectivity index (χ2n) is 9.55. The van der Waals surface area contributed by atoms with Gasteiger partial charge in [-0.25, -0.2) is 14.8 Å². The Morgan fingerprint density at radius 1 is 1.06 bits per heavy atom. The third-order valence-electron chi connectivity index (χ3n) is 6.00. The molecular weight excluding hydrogens is 416 g/mol. The smallest absolute Gasteiger partial charge is 0.321 e. The van der Waals surface area contributed by atoms with Crippen molar-refractivity contribution in [3.63, 3.8) is 0 Å². The summed E-state index contributed by atoms with van der Waals surface area (Å²) in [6.45, 7) is 14.8. The zero-order valence-corrected chi connectivity index (χ0v) is 20.6. The number of rotatable bonds is 6. The lowest BCUT2D eigenvalue weighted by atomic mass is 10.0. The number of piperazine rings is 1. The van der Waals surface area contributed by atoms with Gasteiger partial charge in [0.2, 0.25) is 0 Å². The van der Waals surface area contributed by atoms with Crippen LogP contribution in [0.5, 0.6) is 0 Å². The van der Waals surface area contributed by atoms with E-state index in [9.17, 15) is 9.59 Å². The Hall–Kier alpha value is -3.16. The van der Waals surface area contributed by atoms with E-state index in [2.05, 4.69) is 34.4 Å². The number of anilines is 2. The molecule has 0 spiro atoms. The molecule has 8 nitrogen and oxygen atoms in total. The average Bonchev–Trinajstić information content (AvgIpc) is 2.79. The summed E-state index contributed by atoms with van der Waals surface area (Å²) < 4.78 is 0. The fourth-order valence-corrected chi connectivity index (χ4v) is 3.51. The predicted octanol–water partition coefficient (Wildman–Crippen LogP) is 4.18. The first-order valence-corrected chi connectivity index (χ1v) is 11.7. The molecule has 2 aromatic rings. The molecule has 3 rings (SSSR count). The van der Waals surface area contributed by atoms with Gasteiger partial charge in [-0.15, -0.1) is 0 Å². The highest BCUT2D eigenvalue weighted by atomic mass is 16.2. The minimum Gasteiger partial charge on any atom is -0.353 e. The van der Waals surface area contributed by atoms with Crippen LogP contribution in [0, 0.1) is 6.92 Å². The van der Waals surface area contributed by atoms with Crippen LogP contribution in [0.2, 0.25) is 0 Å². The first kappa shape index (κ1) is 24.5. The normalized spacial score (nSPS) is 14.4. The van der Waals surface area contributed by atoms with E-state index in [4.69, 9.17) is 4.98 Å². The fraction of sp³-hybridized carbons (Fsp3) is 0.520. The topological polar surface area (TPSA) is 90.5 Å². The molecule has 0 saturated carbocycles. The quantitative estimate of drug-likeness (QED) is 0.686. The zero-order valence-electron chi connectivity index (χ0n) is 20.6. The second kappa shape index (κ2) is 10.2. The van der Waals surface area contributed by atoms with Gasteiger partial charge in [0.05, 0.1) is 0 Å². The van der Waals surface area contributed by atoms with Crippen molar-refractivity contribution < 1.29 is 9.59 Å². The Morgan fingerprint density at radius 3 is 2.27 bits per heavy atom. The van der Waals surface area contributed by atoms with Gasteiger partial charge >= 0.3 is 6.03 Å². The van der Waals surface area contributed by atoms with Gasteiger partial charge in [-0.2, -0.15) is 0 Å². The van der Waals surface area contributed by atoms with Gasteiger partial charge in [-0.1, -0.05) is 20.8 Å². The molecule has 1 aromatic heterocycles. The number of amides is 3. The van der Waals surface area contributed by atoms with Gasteiger partial charge in [0.25, 0.3) is 5.91 Å². The van der Waals surface area contributed by atoms with Gasteiger partial charge in [0, 0.05) is 60.6 Å². The highest BCUT2D eigenvalue weighted by Gasteiger charge is 2.23. The van der Waals surface area contributed by atoms with E-state index in [-0.39, 0.29) is 23.4 Å². The summed E-state index contributed by atoms with van der Waals surface area (Å²) in [5.74, 6) is 1.93. The summed E-state index contributed by atoms with van der Waals surface area (Å²) in [4.78, 5) is 38.4. The molecule has 0 atom stereocenters. The number of carbonyl (C=O) groups is 2. The average molecular weight is 453 g/mol. The van der Waals surface area contributed by atoms with Crippen molar-refractivity contribution in [2.75, 3.05) is 36.4 Å². The Kier molecular flexibility index (Phi) is 7.56. The standard InChI is InChI=1S/C25H36N6O2/c1-7-25(5,6)29-23(32)19-8-10-20(11-9-19)27-24(33)31-14-12-30(13-15-31)21-16-18(4)26-22(28-21)17(2)3/h8-11,16-17H,7,12-15H2,1-6H3,(H,27,33)(H,29,32). The maximum absolute atomic E-state index is 12.7. The number of urea groups is 1. The van der Waals surface area contributed by atoms with Crippen LogP contribution in [-0.4, -0.2) is 58.5 Å². The number of aromatic nitrogens is 2. The molecule has 8 heteroatoms. The van der Waals surface area contributed by atoms with Gasteiger partial charge in [0.1, 0.15) is 11.6 Å². The minimum atomic E-state index is -0.257. The van der Waals surface area contributed by atoms with Crippen molar-refractivity contribution in [1.82, 2.24) is 20.2 Å². The molecule has 0 radical (unpaired) electrons. The molecule has 0 unspecified atom stereocenters. The van der Waals surface area contributed by atoms with E-state index in [1.165, 1.54) is 0 Å². The summed E-state index contributed by atoms with van der Waals surface area (Å²) in [5, 5.41) is 5.95. The number of aryl methyl sites for hydroxylation is 1. The van der Waals surface area contributed by atoms with Crippen LogP contribution in [0.15, 0.2) is 30.3 Å². The number of nitrogens with zero attached hydrogens (tertiary/aromatic N) is 4. The first-order chi connectivity index (χ1) is 15.6. The Morgan fingerprint density at radius 2 is 1.70 bits per heavy atom. The molecule has 33 heavy (non-hydrogen) atoms. The van der Waals surface area contributed by atoms with Crippen molar-refractivity contribution in [3.8, 4) is 0 Å². The highest BCUT2D eigenvalue weighted by molar-refractivity contribution is 5.96. The summed E-state index contributed by atoms with van der Waals surface area (Å²) in [5.41, 5.74) is 1.94. The Balaban J connectivity index is 1.55. The van der Waals surface area contributed by atoms with Crippen LogP contribution in [-0.2, 0) is 0 Å². The number of benzene rings is 1. The Labute approximate surface area is 196 Å². The van der Waals surface area contributed by atoms with E-state index in [1.807, 2.05) is 33.8 Å². The molecule has 1 aliphatic heterocycles. The summed E-state index contributed by atoms with van der Waals surface area (Å²) in [6.07, 6.45) is 0.843. The van der Waals surface area contributed by atoms with E-state index < -0.39 is 0 Å². The van der Waals surface area contributed by atoms with Crippen molar-refractivity contribution in [2.24, 2.45) is 0 Å². The van der Waals surface area contributed by atoms with Gasteiger partial charge in [-0.05, 0) is 51.5 Å². The van der Waals surface area contributed by atoms with Crippen molar-refractivity contribution >= 4 is 23.4 Å². The maximum atomic E-state index is 12.7. The third-order valence-corrected chi connectivity index (χ3v) is 6.00. The molecule has 2 heterocycles. The zero-order chi connectivity index (χ0) is 24.2. The number of hydrogen-bond acceptors (Lipinski definition) is 5. The van der Waals surface area contributed by atoms with E-state index in [0.717, 1.165) is 23.8 Å². The van der Waals surface area contributed by atoms with Crippen molar-refractivity contribution in [3.05, 3.63) is 47.4 Å². The van der Waals surface area contributed by atoms with Gasteiger partial charge in [-0.3, -0.25) is 4.79 Å². The Bertz CT molecular complexity index is 979. The highest BCUT2D eigenvalue weighted by Crippen LogP contribution is 2.19. The van der Waals surface area contributed by atoms with E-state index in [0.29, 0.717) is 37.4 Å². The largest absolute Gasteiger partial charge is 0.353 e. The van der Waals surface area contributed by atoms with E-state index in [1.54, 1.807) is 29.2 Å². The molecule has 1 aromatic carbocycles. The molecule has 0 bridgehead atoms. The number of nitrogens with one attached hydrogen (secondary N) is 2. The molecule has 0 aliphatic carbocycles. The monoisotopic (exact) mass is 452 g/mol. The fourth-order valence-electron chi connectivity index (χ4n) is 3.51. The minimum absolute atomic E-state index is 0.114. The summed E-state index contributed by atoms with van der Waals surface area (Å²) >= 11 is 0. The third kappa shape index (κ3) is 6.43. The van der Waals surface area contributed by atoms with Crippen LogP contribution >= 0.6 is 0 Å². The molecule has 1 saturated heterocycles. The van der Waals surface area contributed by atoms with Crippen molar-refractivity contribution in [1.29, 1.82) is 0 Å². The summed E-state index contributed by atoms with van der Waals surface area (Å²) in [6, 6.07) is 8.86. The van der Waals surface area contributed by atoms with Crippen LogP contribution < -0.4 is 15.5 Å². The van der Waals surface area contributed by atoms with Crippen LogP contribution in [0.25, 0.3) is 0 Å². The van der Waals surface area contributed by atoms with E-state index >= 15 is 0 Å². The second-order valence-corrected chi connectivity index (χ2v) is 9.55. The maximum Gasteiger partial charge on any atom is 0.321 e. The lowest BCUT2D eigenvalue weighted by Crippen LogP contribution is -2.50. The number of hydrogen-bond donors (Lipinski definition) is 2. The lowest BCUT2D eigenvalue weighted by molar-refractivity contribution is 0.0911. The van der Waals surface area contributed by atoms with Gasteiger partial charge < -0.3 is 20.4 Å². The SMILES string of the molecule is CCC(C)(C)NC(=O)c1ccc(NC(=O)N2CCN(c3cc(C)nc(C(C)C)n3)CC2)cc1. The van der Waals surface area contributed by atoms with Gasteiger partial charge in [0.15, 0.2) is 0 Å². The van der Waals surface area contributed by atoms with Crippen LogP contribution in [0.3, 0.4) is 0 Å². The van der Waals surface area contributed by atoms with Crippen molar-refractivity contribution in [2.45, 2.75) is 59.4 Å². The molecular formula is C25H36N6O2. The molecule has 3 amide bonds.